The van der Waals surface area contributed by atoms with Gasteiger partial charge in [-0.25, -0.2) is 0 Å². The Morgan fingerprint density at radius 3 is 2.67 bits per heavy atom. The third-order valence-corrected chi connectivity index (χ3v) is 4.13. The van der Waals surface area contributed by atoms with Crippen molar-refractivity contribution < 1.29 is 9.53 Å². The second kappa shape index (κ2) is 6.19. The van der Waals surface area contributed by atoms with Gasteiger partial charge in [0, 0.05) is 0 Å². The molecule has 1 heterocycles. The van der Waals surface area contributed by atoms with Crippen LogP contribution in [0.3, 0.4) is 0 Å². The van der Waals surface area contributed by atoms with Crippen LogP contribution < -0.4 is 5.32 Å². The first-order valence-corrected chi connectivity index (χ1v) is 7.02. The van der Waals surface area contributed by atoms with Gasteiger partial charge in [0.05, 0.1) is 24.7 Å². The molecule has 18 heavy (non-hydrogen) atoms. The van der Waals surface area contributed by atoms with Crippen LogP contribution in [0.5, 0.6) is 0 Å². The summed E-state index contributed by atoms with van der Waals surface area (Å²) in [5.41, 5.74) is 0. The van der Waals surface area contributed by atoms with E-state index in [2.05, 4.69) is 11.4 Å². The lowest BCUT2D eigenvalue weighted by atomic mass is 9.84. The number of carbonyl (C=O) groups excluding carboxylic acids is 1. The molecule has 3 atom stereocenters. The van der Waals surface area contributed by atoms with Crippen LogP contribution in [0.2, 0.25) is 0 Å². The summed E-state index contributed by atoms with van der Waals surface area (Å²) in [6, 6.07) is 1.95. The summed E-state index contributed by atoms with van der Waals surface area (Å²) < 4.78 is 5.40. The molecule has 0 bridgehead atoms. The number of ether oxygens (including phenoxy) is 1. The molecule has 3 unspecified atom stereocenters. The first-order valence-electron chi connectivity index (χ1n) is 7.02. The molecular formula is C14H22N2O2. The molecule has 0 spiro atoms. The zero-order chi connectivity index (χ0) is 13.0. The van der Waals surface area contributed by atoms with Crippen molar-refractivity contribution in [3.8, 4) is 6.07 Å². The molecular weight excluding hydrogens is 228 g/mol. The number of amides is 1. The largest absolute Gasteiger partial charge is 0.378 e. The summed E-state index contributed by atoms with van der Waals surface area (Å²) >= 11 is 0. The number of carbonyl (C=O) groups is 1. The second-order valence-corrected chi connectivity index (χ2v) is 5.59. The summed E-state index contributed by atoms with van der Waals surface area (Å²) in [4.78, 5) is 12.1. The SMILES string of the molecule is CC1CC(C(=O)NC(C#N)C2CCCCC2)CO1. The fraction of sp³-hybridized carbons (Fsp3) is 0.857. The van der Waals surface area contributed by atoms with Gasteiger partial charge in [-0.2, -0.15) is 5.26 Å². The van der Waals surface area contributed by atoms with Gasteiger partial charge >= 0.3 is 0 Å². The molecule has 1 aliphatic heterocycles. The van der Waals surface area contributed by atoms with Crippen LogP contribution in [0.1, 0.15) is 45.4 Å². The quantitative estimate of drug-likeness (QED) is 0.833. The third-order valence-electron chi connectivity index (χ3n) is 4.13. The van der Waals surface area contributed by atoms with E-state index in [4.69, 9.17) is 4.74 Å². The predicted octanol–water partition coefficient (Wildman–Crippen LogP) is 2.00. The van der Waals surface area contributed by atoms with E-state index < -0.39 is 0 Å². The van der Waals surface area contributed by atoms with Crippen molar-refractivity contribution in [1.82, 2.24) is 5.32 Å². The van der Waals surface area contributed by atoms with Gasteiger partial charge < -0.3 is 10.1 Å². The first-order chi connectivity index (χ1) is 8.70. The Hall–Kier alpha value is -1.08. The maximum Gasteiger partial charge on any atom is 0.226 e. The normalized spacial score (nSPS) is 30.7. The summed E-state index contributed by atoms with van der Waals surface area (Å²) in [5.74, 6) is 0.267. The van der Waals surface area contributed by atoms with Gasteiger partial charge in [-0.3, -0.25) is 4.79 Å². The van der Waals surface area contributed by atoms with Crippen molar-refractivity contribution in [3.63, 3.8) is 0 Å². The van der Waals surface area contributed by atoms with E-state index in [0.717, 1.165) is 19.3 Å². The van der Waals surface area contributed by atoms with Crippen LogP contribution in [0.25, 0.3) is 0 Å². The summed E-state index contributed by atoms with van der Waals surface area (Å²) in [5, 5.41) is 12.1. The van der Waals surface area contributed by atoms with Gasteiger partial charge in [-0.05, 0) is 32.1 Å². The predicted molar refractivity (Wildman–Crippen MR) is 67.6 cm³/mol. The minimum Gasteiger partial charge on any atom is -0.378 e. The van der Waals surface area contributed by atoms with Gasteiger partial charge in [-0.1, -0.05) is 19.3 Å². The van der Waals surface area contributed by atoms with Gasteiger partial charge in [0.1, 0.15) is 6.04 Å². The molecule has 0 aromatic rings. The average molecular weight is 250 g/mol. The van der Waals surface area contributed by atoms with Gasteiger partial charge in [0.15, 0.2) is 0 Å². The third kappa shape index (κ3) is 3.23. The van der Waals surface area contributed by atoms with Crippen molar-refractivity contribution in [2.75, 3.05) is 6.61 Å². The lowest BCUT2D eigenvalue weighted by Gasteiger charge is -2.27. The van der Waals surface area contributed by atoms with E-state index in [1.165, 1.54) is 19.3 Å². The highest BCUT2D eigenvalue weighted by molar-refractivity contribution is 5.79. The molecule has 4 nitrogen and oxygen atoms in total. The van der Waals surface area contributed by atoms with Gasteiger partial charge in [0.2, 0.25) is 5.91 Å². The molecule has 1 aliphatic carbocycles. The van der Waals surface area contributed by atoms with Crippen LogP contribution in [0, 0.1) is 23.2 Å². The van der Waals surface area contributed by atoms with E-state index in [9.17, 15) is 10.1 Å². The topological polar surface area (TPSA) is 62.1 Å². The van der Waals surface area contributed by atoms with Crippen LogP contribution in [0.4, 0.5) is 0 Å². The van der Waals surface area contributed by atoms with E-state index >= 15 is 0 Å². The van der Waals surface area contributed by atoms with Gasteiger partial charge in [-0.15, -0.1) is 0 Å². The molecule has 0 aromatic heterocycles. The van der Waals surface area contributed by atoms with Crippen molar-refractivity contribution in [2.24, 2.45) is 11.8 Å². The minimum absolute atomic E-state index is 0.00327. The second-order valence-electron chi connectivity index (χ2n) is 5.59. The number of hydrogen-bond acceptors (Lipinski definition) is 3. The highest BCUT2D eigenvalue weighted by Crippen LogP contribution is 2.27. The van der Waals surface area contributed by atoms with Crippen LogP contribution in [-0.2, 0) is 9.53 Å². The molecule has 4 heteroatoms. The molecule has 2 fully saturated rings. The van der Waals surface area contributed by atoms with Crippen molar-refractivity contribution in [1.29, 1.82) is 5.26 Å². The summed E-state index contributed by atoms with van der Waals surface area (Å²) in [6.45, 7) is 2.48. The molecule has 0 aromatic carbocycles. The fourth-order valence-electron chi connectivity index (χ4n) is 2.99. The lowest BCUT2D eigenvalue weighted by Crippen LogP contribution is -2.43. The maximum atomic E-state index is 12.1. The average Bonchev–Trinajstić information content (AvgIpc) is 2.83. The molecule has 2 rings (SSSR count). The Bertz CT molecular complexity index is 331. The molecule has 1 saturated carbocycles. The Kier molecular flexibility index (Phi) is 4.60. The summed E-state index contributed by atoms with van der Waals surface area (Å²) in [7, 11) is 0. The van der Waals surface area contributed by atoms with Crippen LogP contribution in [0.15, 0.2) is 0 Å². The number of nitrogens with zero attached hydrogens (tertiary/aromatic N) is 1. The number of rotatable bonds is 3. The fourth-order valence-corrected chi connectivity index (χ4v) is 2.99. The number of hydrogen-bond donors (Lipinski definition) is 1. The molecule has 100 valence electrons. The smallest absolute Gasteiger partial charge is 0.226 e. The molecule has 0 radical (unpaired) electrons. The Labute approximate surface area is 109 Å². The zero-order valence-electron chi connectivity index (χ0n) is 11.0. The lowest BCUT2D eigenvalue weighted by molar-refractivity contribution is -0.125. The number of nitriles is 1. The molecule has 1 N–H and O–H groups in total. The van der Waals surface area contributed by atoms with E-state index in [0.29, 0.717) is 12.5 Å². The maximum absolute atomic E-state index is 12.1. The first kappa shape index (κ1) is 13.4. The number of nitrogens with one attached hydrogen (secondary N) is 1. The monoisotopic (exact) mass is 250 g/mol. The Morgan fingerprint density at radius 1 is 1.39 bits per heavy atom. The Balaban J connectivity index is 1.86. The van der Waals surface area contributed by atoms with Crippen LogP contribution in [-0.4, -0.2) is 24.7 Å². The Morgan fingerprint density at radius 2 is 2.11 bits per heavy atom. The van der Waals surface area contributed by atoms with Crippen LogP contribution >= 0.6 is 0 Å². The highest BCUT2D eigenvalue weighted by atomic mass is 16.5. The van der Waals surface area contributed by atoms with Crippen molar-refractivity contribution in [2.45, 2.75) is 57.6 Å². The summed E-state index contributed by atoms with van der Waals surface area (Å²) in [6.07, 6.45) is 6.69. The minimum atomic E-state index is -0.311. The van der Waals surface area contributed by atoms with Gasteiger partial charge in [0.25, 0.3) is 0 Å². The van der Waals surface area contributed by atoms with E-state index in [1.54, 1.807) is 0 Å². The molecule has 1 saturated heterocycles. The molecule has 1 amide bonds. The standard InChI is InChI=1S/C14H22N2O2/c1-10-7-12(9-18-10)14(17)16-13(8-15)11-5-3-2-4-6-11/h10-13H,2-7,9H2,1H3,(H,16,17). The highest BCUT2D eigenvalue weighted by Gasteiger charge is 2.31. The zero-order valence-corrected chi connectivity index (χ0v) is 11.0. The van der Waals surface area contributed by atoms with Crippen molar-refractivity contribution in [3.05, 3.63) is 0 Å². The van der Waals surface area contributed by atoms with E-state index in [-0.39, 0.29) is 24.0 Å². The van der Waals surface area contributed by atoms with E-state index in [1.807, 2.05) is 6.92 Å². The van der Waals surface area contributed by atoms with Crippen molar-refractivity contribution >= 4 is 5.91 Å². The molecule has 2 aliphatic rings.